The average Bonchev–Trinajstić information content (AvgIpc) is 2.68. The van der Waals surface area contributed by atoms with E-state index in [1.54, 1.807) is 0 Å². The third kappa shape index (κ3) is 3.13. The Balaban J connectivity index is 1.78. The minimum atomic E-state index is 0.350. The van der Waals surface area contributed by atoms with Crippen molar-refractivity contribution in [1.29, 1.82) is 0 Å². The highest BCUT2D eigenvalue weighted by atomic mass is 35.5. The fraction of sp³-hybridized carbons (Fsp3) is 0.190. The molecule has 0 bridgehead atoms. The Morgan fingerprint density at radius 1 is 0.962 bits per heavy atom. The van der Waals surface area contributed by atoms with Crippen LogP contribution in [0.3, 0.4) is 0 Å². The summed E-state index contributed by atoms with van der Waals surface area (Å²) in [6, 6.07) is 16.1. The van der Waals surface area contributed by atoms with E-state index in [0.717, 1.165) is 45.0 Å². The van der Waals surface area contributed by atoms with Gasteiger partial charge in [0.2, 0.25) is 0 Å². The molecule has 132 valence electrons. The minimum Gasteiger partial charge on any atom is -0.486 e. The molecule has 26 heavy (non-hydrogen) atoms. The van der Waals surface area contributed by atoms with Gasteiger partial charge < -0.3 is 9.47 Å². The van der Waals surface area contributed by atoms with Gasteiger partial charge in [0.1, 0.15) is 18.4 Å². The van der Waals surface area contributed by atoms with Gasteiger partial charge in [-0.05, 0) is 41.8 Å². The maximum Gasteiger partial charge on any atom is 0.161 e. The predicted octanol–water partition coefficient (Wildman–Crippen LogP) is 5.89. The summed E-state index contributed by atoms with van der Waals surface area (Å²) in [5.74, 6) is 1.92. The molecule has 0 aliphatic carbocycles. The summed E-state index contributed by atoms with van der Waals surface area (Å²) in [5.41, 5.74) is 6.04. The highest BCUT2D eigenvalue weighted by Gasteiger charge is 2.15. The van der Waals surface area contributed by atoms with Crippen LogP contribution < -0.4 is 9.47 Å². The van der Waals surface area contributed by atoms with Crippen molar-refractivity contribution in [3.8, 4) is 33.9 Å². The number of fused-ring (bicyclic) bond motifs is 1. The lowest BCUT2D eigenvalue weighted by Gasteiger charge is -2.19. The van der Waals surface area contributed by atoms with Gasteiger partial charge in [0.15, 0.2) is 11.5 Å². The molecule has 2 heterocycles. The van der Waals surface area contributed by atoms with Crippen molar-refractivity contribution in [2.75, 3.05) is 13.2 Å². The standard InChI is InChI=1S/C21H17Cl2NO2/c1-13-16(14-6-8-19-20(11-14)26-10-9-25-19)3-2-4-17(13)18-7-5-15(12-22)21(23)24-18/h2-8,11H,9-10,12H2,1H3. The summed E-state index contributed by atoms with van der Waals surface area (Å²) < 4.78 is 11.3. The molecule has 0 radical (unpaired) electrons. The Kier molecular flexibility index (Phi) is 4.75. The second-order valence-electron chi connectivity index (χ2n) is 6.12. The maximum atomic E-state index is 6.24. The average molecular weight is 386 g/mol. The summed E-state index contributed by atoms with van der Waals surface area (Å²) in [6.45, 7) is 3.25. The summed E-state index contributed by atoms with van der Waals surface area (Å²) in [6.07, 6.45) is 0. The lowest BCUT2D eigenvalue weighted by molar-refractivity contribution is 0.171. The molecule has 5 heteroatoms. The van der Waals surface area contributed by atoms with Gasteiger partial charge in [-0.3, -0.25) is 0 Å². The van der Waals surface area contributed by atoms with E-state index in [9.17, 15) is 0 Å². The van der Waals surface area contributed by atoms with Crippen LogP contribution in [-0.4, -0.2) is 18.2 Å². The molecule has 0 amide bonds. The number of ether oxygens (including phenoxy) is 2. The summed E-state index contributed by atoms with van der Waals surface area (Å²) in [7, 11) is 0. The topological polar surface area (TPSA) is 31.4 Å². The summed E-state index contributed by atoms with van der Waals surface area (Å²) >= 11 is 12.1. The molecule has 3 aromatic rings. The third-order valence-electron chi connectivity index (χ3n) is 4.53. The third-order valence-corrected chi connectivity index (χ3v) is 5.15. The van der Waals surface area contributed by atoms with E-state index in [4.69, 9.17) is 32.7 Å². The lowest BCUT2D eigenvalue weighted by Crippen LogP contribution is -2.15. The first-order chi connectivity index (χ1) is 12.7. The van der Waals surface area contributed by atoms with Gasteiger partial charge in [0.05, 0.1) is 11.6 Å². The van der Waals surface area contributed by atoms with Crippen LogP contribution in [0.4, 0.5) is 0 Å². The Bertz CT molecular complexity index is 972. The lowest BCUT2D eigenvalue weighted by atomic mass is 9.94. The second kappa shape index (κ2) is 7.18. The molecule has 0 fully saturated rings. The van der Waals surface area contributed by atoms with Crippen molar-refractivity contribution in [2.45, 2.75) is 12.8 Å². The predicted molar refractivity (Wildman–Crippen MR) is 105 cm³/mol. The number of pyridine rings is 1. The van der Waals surface area contributed by atoms with Gasteiger partial charge in [0, 0.05) is 11.1 Å². The first kappa shape index (κ1) is 17.2. The molecule has 1 aromatic heterocycles. The molecule has 0 spiro atoms. The van der Waals surface area contributed by atoms with Crippen LogP contribution in [0.5, 0.6) is 11.5 Å². The SMILES string of the molecule is Cc1c(-c2ccc3c(c2)OCCO3)cccc1-c1ccc(CCl)c(Cl)n1. The normalized spacial score (nSPS) is 12.9. The Labute approximate surface area is 162 Å². The zero-order chi connectivity index (χ0) is 18.1. The molecule has 0 atom stereocenters. The zero-order valence-corrected chi connectivity index (χ0v) is 15.8. The van der Waals surface area contributed by atoms with E-state index >= 15 is 0 Å². The van der Waals surface area contributed by atoms with Crippen molar-refractivity contribution >= 4 is 23.2 Å². The van der Waals surface area contributed by atoms with E-state index in [2.05, 4.69) is 30.1 Å². The number of rotatable bonds is 3. The first-order valence-corrected chi connectivity index (χ1v) is 9.30. The molecular formula is C21H17Cl2NO2. The number of benzene rings is 2. The largest absolute Gasteiger partial charge is 0.486 e. The van der Waals surface area contributed by atoms with Gasteiger partial charge in [0.25, 0.3) is 0 Å². The van der Waals surface area contributed by atoms with E-state index in [1.165, 1.54) is 0 Å². The molecular weight excluding hydrogens is 369 g/mol. The molecule has 2 aromatic carbocycles. The van der Waals surface area contributed by atoms with Crippen LogP contribution in [0.15, 0.2) is 48.5 Å². The fourth-order valence-electron chi connectivity index (χ4n) is 3.15. The maximum absolute atomic E-state index is 6.24. The molecule has 3 nitrogen and oxygen atoms in total. The van der Waals surface area contributed by atoms with Crippen molar-refractivity contribution in [1.82, 2.24) is 4.98 Å². The summed E-state index contributed by atoms with van der Waals surface area (Å²) in [4.78, 5) is 4.52. The van der Waals surface area contributed by atoms with Crippen LogP contribution >= 0.6 is 23.2 Å². The van der Waals surface area contributed by atoms with Gasteiger partial charge in [-0.2, -0.15) is 0 Å². The van der Waals surface area contributed by atoms with Crippen molar-refractivity contribution in [2.24, 2.45) is 0 Å². The van der Waals surface area contributed by atoms with Gasteiger partial charge in [-0.25, -0.2) is 4.98 Å². The van der Waals surface area contributed by atoms with Crippen molar-refractivity contribution < 1.29 is 9.47 Å². The number of aromatic nitrogens is 1. The quantitative estimate of drug-likeness (QED) is 0.416. The van der Waals surface area contributed by atoms with Crippen LogP contribution in [-0.2, 0) is 5.88 Å². The number of hydrogen-bond acceptors (Lipinski definition) is 3. The fourth-order valence-corrected chi connectivity index (χ4v) is 3.65. The monoisotopic (exact) mass is 385 g/mol. The molecule has 4 rings (SSSR count). The molecule has 1 aliphatic heterocycles. The van der Waals surface area contributed by atoms with Gasteiger partial charge >= 0.3 is 0 Å². The number of alkyl halides is 1. The molecule has 0 saturated carbocycles. The van der Waals surface area contributed by atoms with E-state index in [0.29, 0.717) is 24.2 Å². The molecule has 0 N–H and O–H groups in total. The van der Waals surface area contributed by atoms with Crippen molar-refractivity contribution in [3.63, 3.8) is 0 Å². The molecule has 1 aliphatic rings. The zero-order valence-electron chi connectivity index (χ0n) is 14.3. The molecule has 0 saturated heterocycles. The van der Waals surface area contributed by atoms with Gasteiger partial charge in [-0.15, -0.1) is 11.6 Å². The first-order valence-electron chi connectivity index (χ1n) is 8.39. The Morgan fingerprint density at radius 3 is 2.50 bits per heavy atom. The van der Waals surface area contributed by atoms with Crippen LogP contribution in [0.25, 0.3) is 22.4 Å². The number of nitrogens with zero attached hydrogens (tertiary/aromatic N) is 1. The van der Waals surface area contributed by atoms with Crippen LogP contribution in [0, 0.1) is 6.92 Å². The summed E-state index contributed by atoms with van der Waals surface area (Å²) in [5, 5.41) is 0.446. The highest BCUT2D eigenvalue weighted by Crippen LogP contribution is 2.37. The van der Waals surface area contributed by atoms with E-state index < -0.39 is 0 Å². The Hall–Kier alpha value is -2.23. The van der Waals surface area contributed by atoms with Crippen LogP contribution in [0.1, 0.15) is 11.1 Å². The van der Waals surface area contributed by atoms with E-state index in [-0.39, 0.29) is 0 Å². The van der Waals surface area contributed by atoms with Crippen molar-refractivity contribution in [3.05, 3.63) is 64.8 Å². The Morgan fingerprint density at radius 2 is 1.73 bits per heavy atom. The second-order valence-corrected chi connectivity index (χ2v) is 6.74. The number of halogens is 2. The minimum absolute atomic E-state index is 0.350. The van der Waals surface area contributed by atoms with Gasteiger partial charge in [-0.1, -0.05) is 41.9 Å². The van der Waals surface area contributed by atoms with E-state index in [1.807, 2.05) is 30.3 Å². The molecule has 0 unspecified atom stereocenters. The smallest absolute Gasteiger partial charge is 0.161 e. The highest BCUT2D eigenvalue weighted by molar-refractivity contribution is 6.31. The number of hydrogen-bond donors (Lipinski definition) is 0. The van der Waals surface area contributed by atoms with Crippen LogP contribution in [0.2, 0.25) is 5.15 Å².